The molecule has 2 heterocycles. The van der Waals surface area contributed by atoms with Gasteiger partial charge in [-0.05, 0) is 21.8 Å². The van der Waals surface area contributed by atoms with Gasteiger partial charge in [0, 0.05) is 20.1 Å². The van der Waals surface area contributed by atoms with E-state index in [2.05, 4.69) is 26.2 Å². The smallest absolute Gasteiger partial charge is 0.310 e. The maximum absolute atomic E-state index is 12.6. The molecule has 0 spiro atoms. The van der Waals surface area contributed by atoms with E-state index < -0.39 is 21.9 Å². The highest BCUT2D eigenvalue weighted by atomic mass is 79.9. The molecular formula is C10H15BrN4O4S. The van der Waals surface area contributed by atoms with E-state index in [9.17, 15) is 13.2 Å². The fourth-order valence-corrected chi connectivity index (χ4v) is 4.89. The maximum atomic E-state index is 12.6. The van der Waals surface area contributed by atoms with Crippen molar-refractivity contribution in [1.29, 1.82) is 0 Å². The Labute approximate surface area is 125 Å². The number of hydrogen-bond acceptors (Lipinski definition) is 6. The molecule has 20 heavy (non-hydrogen) atoms. The SMILES string of the molecule is COC(=O)C1CN(S(=O)(=O)c2c(Br)nnn2C)CC1C. The third-order valence-electron chi connectivity index (χ3n) is 3.40. The topological polar surface area (TPSA) is 94.4 Å². The van der Waals surface area contributed by atoms with Gasteiger partial charge in [0.05, 0.1) is 13.0 Å². The summed E-state index contributed by atoms with van der Waals surface area (Å²) in [5, 5.41) is 7.32. The van der Waals surface area contributed by atoms with Crippen LogP contribution in [0, 0.1) is 11.8 Å². The lowest BCUT2D eigenvalue weighted by Gasteiger charge is -2.15. The van der Waals surface area contributed by atoms with Crippen LogP contribution in [0.3, 0.4) is 0 Å². The number of carbonyl (C=O) groups excluding carboxylic acids is 1. The van der Waals surface area contributed by atoms with Crippen molar-refractivity contribution in [1.82, 2.24) is 19.3 Å². The standard InChI is InChI=1S/C10H15BrN4O4S/c1-6-4-15(5-7(6)10(16)19-3)20(17,18)9-8(11)12-13-14(9)2/h6-7H,4-5H2,1-3H3. The van der Waals surface area contributed by atoms with E-state index in [1.807, 2.05) is 6.92 Å². The number of methoxy groups -OCH3 is 1. The summed E-state index contributed by atoms with van der Waals surface area (Å²) in [5.41, 5.74) is 0. The van der Waals surface area contributed by atoms with Gasteiger partial charge < -0.3 is 4.74 Å². The van der Waals surface area contributed by atoms with Crippen LogP contribution in [0.15, 0.2) is 9.63 Å². The highest BCUT2D eigenvalue weighted by Crippen LogP contribution is 2.30. The van der Waals surface area contributed by atoms with Gasteiger partial charge in [-0.15, -0.1) is 5.10 Å². The van der Waals surface area contributed by atoms with Crippen LogP contribution in [-0.4, -0.2) is 53.9 Å². The van der Waals surface area contributed by atoms with Gasteiger partial charge in [-0.1, -0.05) is 12.1 Å². The zero-order valence-electron chi connectivity index (χ0n) is 11.3. The number of nitrogens with zero attached hydrogens (tertiary/aromatic N) is 4. The maximum Gasteiger partial charge on any atom is 0.310 e. The van der Waals surface area contributed by atoms with Crippen molar-refractivity contribution >= 4 is 31.9 Å². The van der Waals surface area contributed by atoms with Crippen LogP contribution in [0.25, 0.3) is 0 Å². The van der Waals surface area contributed by atoms with E-state index in [0.717, 1.165) is 0 Å². The molecule has 0 radical (unpaired) electrons. The lowest BCUT2D eigenvalue weighted by Crippen LogP contribution is -2.31. The zero-order valence-corrected chi connectivity index (χ0v) is 13.7. The monoisotopic (exact) mass is 366 g/mol. The number of sulfonamides is 1. The molecule has 0 saturated carbocycles. The van der Waals surface area contributed by atoms with E-state index >= 15 is 0 Å². The third kappa shape index (κ3) is 2.47. The number of aryl methyl sites for hydroxylation is 1. The number of hydrogen-bond donors (Lipinski definition) is 0. The van der Waals surface area contributed by atoms with Crippen molar-refractivity contribution < 1.29 is 17.9 Å². The second kappa shape index (κ2) is 5.41. The Morgan fingerprint density at radius 2 is 2.10 bits per heavy atom. The Kier molecular flexibility index (Phi) is 4.17. The number of aromatic nitrogens is 3. The zero-order chi connectivity index (χ0) is 15.1. The molecule has 1 aromatic heterocycles. The fourth-order valence-electron chi connectivity index (χ4n) is 2.30. The Morgan fingerprint density at radius 3 is 2.60 bits per heavy atom. The van der Waals surface area contributed by atoms with Crippen molar-refractivity contribution in [2.24, 2.45) is 18.9 Å². The first-order valence-corrected chi connectivity index (χ1v) is 8.15. The summed E-state index contributed by atoms with van der Waals surface area (Å²) in [6.07, 6.45) is 0. The molecule has 1 saturated heterocycles. The molecule has 0 bridgehead atoms. The molecule has 8 nitrogen and oxygen atoms in total. The lowest BCUT2D eigenvalue weighted by atomic mass is 9.99. The molecule has 2 atom stereocenters. The van der Waals surface area contributed by atoms with Crippen molar-refractivity contribution in [3.8, 4) is 0 Å². The highest BCUT2D eigenvalue weighted by molar-refractivity contribution is 9.10. The van der Waals surface area contributed by atoms with Gasteiger partial charge in [0.1, 0.15) is 0 Å². The minimum atomic E-state index is -3.75. The van der Waals surface area contributed by atoms with Gasteiger partial charge in [-0.25, -0.2) is 13.1 Å². The van der Waals surface area contributed by atoms with Crippen LogP contribution in [0.2, 0.25) is 0 Å². The Morgan fingerprint density at radius 1 is 1.45 bits per heavy atom. The Hall–Kier alpha value is -1.00. The Bertz CT molecular complexity index is 610. The van der Waals surface area contributed by atoms with Crippen LogP contribution in [0.1, 0.15) is 6.92 Å². The van der Waals surface area contributed by atoms with E-state index in [1.165, 1.54) is 23.1 Å². The van der Waals surface area contributed by atoms with Crippen LogP contribution in [0.4, 0.5) is 0 Å². The van der Waals surface area contributed by atoms with Gasteiger partial charge >= 0.3 is 5.97 Å². The van der Waals surface area contributed by atoms with Crippen LogP contribution < -0.4 is 0 Å². The first-order chi connectivity index (χ1) is 9.28. The molecule has 10 heteroatoms. The van der Waals surface area contributed by atoms with Gasteiger partial charge in [0.2, 0.25) is 5.03 Å². The molecule has 2 rings (SSSR count). The predicted octanol–water partition coefficient (Wildman–Crippen LogP) is 0.00720. The highest BCUT2D eigenvalue weighted by Gasteiger charge is 2.43. The molecule has 0 aliphatic carbocycles. The predicted molar refractivity (Wildman–Crippen MR) is 72.1 cm³/mol. The van der Waals surface area contributed by atoms with Crippen molar-refractivity contribution in [2.45, 2.75) is 11.9 Å². The number of carbonyl (C=O) groups is 1. The molecule has 1 aromatic rings. The van der Waals surface area contributed by atoms with E-state index in [4.69, 9.17) is 4.74 Å². The minimum absolute atomic E-state index is 0.0183. The van der Waals surface area contributed by atoms with Crippen molar-refractivity contribution in [3.63, 3.8) is 0 Å². The summed E-state index contributed by atoms with van der Waals surface area (Å²) in [5.74, 6) is -0.940. The number of rotatable bonds is 3. The molecular weight excluding hydrogens is 352 g/mol. The molecule has 0 aromatic carbocycles. The summed E-state index contributed by atoms with van der Waals surface area (Å²) in [4.78, 5) is 11.6. The average Bonchev–Trinajstić information content (AvgIpc) is 2.92. The molecule has 112 valence electrons. The summed E-state index contributed by atoms with van der Waals surface area (Å²) in [7, 11) is -0.946. The third-order valence-corrected chi connectivity index (χ3v) is 6.12. The largest absolute Gasteiger partial charge is 0.469 e. The normalized spacial score (nSPS) is 24.0. The van der Waals surface area contributed by atoms with E-state index in [-0.39, 0.29) is 28.6 Å². The number of esters is 1. The fraction of sp³-hybridized carbons (Fsp3) is 0.700. The summed E-state index contributed by atoms with van der Waals surface area (Å²) in [6.45, 7) is 2.20. The van der Waals surface area contributed by atoms with Crippen LogP contribution in [0.5, 0.6) is 0 Å². The van der Waals surface area contributed by atoms with Gasteiger partial charge in [-0.3, -0.25) is 4.79 Å². The second-order valence-electron chi connectivity index (χ2n) is 4.74. The molecule has 0 amide bonds. The summed E-state index contributed by atoms with van der Waals surface area (Å²) < 4.78 is 32.5. The van der Waals surface area contributed by atoms with E-state index in [0.29, 0.717) is 0 Å². The quantitative estimate of drug-likeness (QED) is 0.699. The lowest BCUT2D eigenvalue weighted by molar-refractivity contribution is -0.145. The first-order valence-electron chi connectivity index (χ1n) is 5.92. The molecule has 1 aliphatic heterocycles. The number of ether oxygens (including phenoxy) is 1. The van der Waals surface area contributed by atoms with Gasteiger partial charge in [0.25, 0.3) is 10.0 Å². The molecule has 1 aliphatic rings. The summed E-state index contributed by atoms with van der Waals surface area (Å²) in [6, 6.07) is 0. The minimum Gasteiger partial charge on any atom is -0.469 e. The molecule has 0 N–H and O–H groups in total. The summed E-state index contributed by atoms with van der Waals surface area (Å²) >= 11 is 3.08. The first kappa shape index (κ1) is 15.4. The average molecular weight is 367 g/mol. The van der Waals surface area contributed by atoms with Crippen molar-refractivity contribution in [3.05, 3.63) is 4.60 Å². The second-order valence-corrected chi connectivity index (χ2v) is 7.34. The van der Waals surface area contributed by atoms with Crippen molar-refractivity contribution in [2.75, 3.05) is 20.2 Å². The Balaban J connectivity index is 2.31. The van der Waals surface area contributed by atoms with Crippen LogP contribution >= 0.6 is 15.9 Å². The molecule has 2 unspecified atom stereocenters. The van der Waals surface area contributed by atoms with E-state index in [1.54, 1.807) is 0 Å². The number of halogens is 1. The van der Waals surface area contributed by atoms with Gasteiger partial charge in [-0.2, -0.15) is 4.31 Å². The molecule has 1 fully saturated rings. The van der Waals surface area contributed by atoms with Crippen LogP contribution in [-0.2, 0) is 26.6 Å². The van der Waals surface area contributed by atoms with Gasteiger partial charge in [0.15, 0.2) is 4.60 Å².